The first-order valence-electron chi connectivity index (χ1n) is 9.69. The molecule has 0 unspecified atom stereocenters. The van der Waals surface area contributed by atoms with Crippen LogP contribution in [0.2, 0.25) is 0 Å². The van der Waals surface area contributed by atoms with Gasteiger partial charge in [0, 0.05) is 18.5 Å². The van der Waals surface area contributed by atoms with Crippen molar-refractivity contribution >= 4 is 23.4 Å². The third kappa shape index (κ3) is 5.20. The van der Waals surface area contributed by atoms with Crippen LogP contribution in [0.15, 0.2) is 53.4 Å². The SMILES string of the molecule is COc1ccccc1N1CC[NH+](CC(=O)N(C)Cc2ccc(SC)cc2)CC1. The normalized spacial score (nSPS) is 14.8. The fourth-order valence-electron chi connectivity index (χ4n) is 3.57. The first-order chi connectivity index (χ1) is 13.6. The summed E-state index contributed by atoms with van der Waals surface area (Å²) in [5.74, 6) is 1.11. The molecule has 5 nitrogen and oxygen atoms in total. The van der Waals surface area contributed by atoms with Crippen LogP contribution in [0, 0.1) is 0 Å². The number of likely N-dealkylation sites (N-methyl/N-ethyl adjacent to an activating group) is 1. The number of anilines is 1. The van der Waals surface area contributed by atoms with Gasteiger partial charge in [-0.05, 0) is 36.1 Å². The van der Waals surface area contributed by atoms with Crippen LogP contribution in [0.1, 0.15) is 5.56 Å². The highest BCUT2D eigenvalue weighted by atomic mass is 32.2. The summed E-state index contributed by atoms with van der Waals surface area (Å²) in [5.41, 5.74) is 2.31. The Morgan fingerprint density at radius 3 is 2.46 bits per heavy atom. The predicted molar refractivity (Wildman–Crippen MR) is 115 cm³/mol. The molecular formula is C22H30N3O2S+. The standard InChI is InChI=1S/C22H29N3O2S/c1-23(16-18-8-10-19(28-3)11-9-18)22(26)17-24-12-14-25(15-13-24)20-6-4-5-7-21(20)27-2/h4-11H,12-17H2,1-3H3/p+1. The molecule has 1 aliphatic heterocycles. The Labute approximate surface area is 172 Å². The summed E-state index contributed by atoms with van der Waals surface area (Å²) < 4.78 is 5.48. The van der Waals surface area contributed by atoms with Crippen LogP contribution in [0.4, 0.5) is 5.69 Å². The van der Waals surface area contributed by atoms with Crippen molar-refractivity contribution in [2.24, 2.45) is 0 Å². The van der Waals surface area contributed by atoms with Gasteiger partial charge in [0.15, 0.2) is 6.54 Å². The topological polar surface area (TPSA) is 37.2 Å². The lowest BCUT2D eigenvalue weighted by molar-refractivity contribution is -0.892. The molecule has 1 aliphatic rings. The maximum atomic E-state index is 12.7. The van der Waals surface area contributed by atoms with Gasteiger partial charge in [0.05, 0.1) is 39.0 Å². The van der Waals surface area contributed by atoms with Crippen molar-refractivity contribution in [3.8, 4) is 5.75 Å². The van der Waals surface area contributed by atoms with E-state index in [4.69, 9.17) is 4.74 Å². The molecule has 0 atom stereocenters. The van der Waals surface area contributed by atoms with E-state index >= 15 is 0 Å². The van der Waals surface area contributed by atoms with E-state index in [-0.39, 0.29) is 5.91 Å². The molecule has 0 radical (unpaired) electrons. The maximum absolute atomic E-state index is 12.7. The molecule has 2 aromatic carbocycles. The van der Waals surface area contributed by atoms with Crippen LogP contribution in [0.5, 0.6) is 5.75 Å². The van der Waals surface area contributed by atoms with Crippen LogP contribution >= 0.6 is 11.8 Å². The lowest BCUT2D eigenvalue weighted by atomic mass is 10.2. The monoisotopic (exact) mass is 400 g/mol. The molecule has 1 heterocycles. The summed E-state index contributed by atoms with van der Waals surface area (Å²) in [5, 5.41) is 0. The predicted octanol–water partition coefficient (Wildman–Crippen LogP) is 1.78. The van der Waals surface area contributed by atoms with Gasteiger partial charge in [0.2, 0.25) is 0 Å². The molecule has 2 aromatic rings. The zero-order chi connectivity index (χ0) is 19.9. The van der Waals surface area contributed by atoms with Gasteiger partial charge in [-0.15, -0.1) is 11.8 Å². The first-order valence-corrected chi connectivity index (χ1v) is 10.9. The van der Waals surface area contributed by atoms with Crippen molar-refractivity contribution in [3.05, 3.63) is 54.1 Å². The van der Waals surface area contributed by atoms with Crippen LogP contribution in [0.3, 0.4) is 0 Å². The zero-order valence-corrected chi connectivity index (χ0v) is 17.8. The fraction of sp³-hybridized carbons (Fsp3) is 0.409. The third-order valence-corrected chi connectivity index (χ3v) is 6.05. The number of carbonyl (C=O) groups excluding carboxylic acids is 1. The number of carbonyl (C=O) groups is 1. The number of rotatable bonds is 7. The van der Waals surface area contributed by atoms with E-state index in [9.17, 15) is 4.79 Å². The van der Waals surface area contributed by atoms with Crippen LogP contribution in [0.25, 0.3) is 0 Å². The molecule has 0 saturated carbocycles. The van der Waals surface area contributed by atoms with Crippen molar-refractivity contribution in [1.82, 2.24) is 4.90 Å². The molecule has 0 aromatic heterocycles. The van der Waals surface area contributed by atoms with Gasteiger partial charge < -0.3 is 19.4 Å². The molecule has 0 aliphatic carbocycles. The lowest BCUT2D eigenvalue weighted by Gasteiger charge is -2.34. The molecule has 150 valence electrons. The molecule has 0 bridgehead atoms. The second kappa shape index (κ2) is 9.85. The minimum absolute atomic E-state index is 0.203. The second-order valence-corrected chi connectivity index (χ2v) is 8.06. The van der Waals surface area contributed by atoms with E-state index < -0.39 is 0 Å². The summed E-state index contributed by atoms with van der Waals surface area (Å²) in [6, 6.07) is 16.6. The lowest BCUT2D eigenvalue weighted by Crippen LogP contribution is -3.15. The van der Waals surface area contributed by atoms with Gasteiger partial charge >= 0.3 is 0 Å². The summed E-state index contributed by atoms with van der Waals surface area (Å²) >= 11 is 1.73. The van der Waals surface area contributed by atoms with Gasteiger partial charge in [-0.1, -0.05) is 24.3 Å². The van der Waals surface area contributed by atoms with Crippen LogP contribution in [-0.4, -0.2) is 63.9 Å². The number of benzene rings is 2. The number of ether oxygens (including phenoxy) is 1. The number of hydrogen-bond donors (Lipinski definition) is 1. The second-order valence-electron chi connectivity index (χ2n) is 7.18. The van der Waals surface area contributed by atoms with Crippen molar-refractivity contribution < 1.29 is 14.4 Å². The van der Waals surface area contributed by atoms with Gasteiger partial charge in [-0.2, -0.15) is 0 Å². The Morgan fingerprint density at radius 2 is 1.82 bits per heavy atom. The Morgan fingerprint density at radius 1 is 1.14 bits per heavy atom. The Hall–Kier alpha value is -2.18. The van der Waals surface area contributed by atoms with Crippen LogP contribution in [-0.2, 0) is 11.3 Å². The van der Waals surface area contributed by atoms with E-state index in [2.05, 4.69) is 41.5 Å². The van der Waals surface area contributed by atoms with Gasteiger partial charge in [-0.25, -0.2) is 0 Å². The highest BCUT2D eigenvalue weighted by Crippen LogP contribution is 2.27. The van der Waals surface area contributed by atoms with Crippen molar-refractivity contribution in [2.75, 3.05) is 58.0 Å². The number of methoxy groups -OCH3 is 1. The number of amides is 1. The minimum Gasteiger partial charge on any atom is -0.495 e. The molecule has 1 fully saturated rings. The summed E-state index contributed by atoms with van der Waals surface area (Å²) in [4.78, 5) is 19.4. The first kappa shape index (κ1) is 20.6. The highest BCUT2D eigenvalue weighted by Gasteiger charge is 2.25. The van der Waals surface area contributed by atoms with E-state index in [0.29, 0.717) is 13.1 Å². The number of para-hydroxylation sites is 2. The molecule has 1 amide bonds. The highest BCUT2D eigenvalue weighted by molar-refractivity contribution is 7.98. The van der Waals surface area contributed by atoms with Gasteiger partial charge in [0.25, 0.3) is 5.91 Å². The molecular weight excluding hydrogens is 370 g/mol. The van der Waals surface area contributed by atoms with Gasteiger partial charge in [-0.3, -0.25) is 4.79 Å². The summed E-state index contributed by atoms with van der Waals surface area (Å²) in [6.45, 7) is 5.00. The smallest absolute Gasteiger partial charge is 0.277 e. The summed E-state index contributed by atoms with van der Waals surface area (Å²) in [6.07, 6.45) is 2.07. The number of hydrogen-bond acceptors (Lipinski definition) is 4. The molecule has 1 saturated heterocycles. The quantitative estimate of drug-likeness (QED) is 0.719. The van der Waals surface area contributed by atoms with E-state index in [1.54, 1.807) is 18.9 Å². The average Bonchev–Trinajstić information content (AvgIpc) is 2.74. The zero-order valence-electron chi connectivity index (χ0n) is 17.0. The van der Waals surface area contributed by atoms with E-state index in [0.717, 1.165) is 37.6 Å². The molecule has 6 heteroatoms. The Kier molecular flexibility index (Phi) is 7.23. The van der Waals surface area contributed by atoms with E-state index in [1.165, 1.54) is 15.4 Å². The number of nitrogens with zero attached hydrogens (tertiary/aromatic N) is 2. The Bertz CT molecular complexity index is 774. The molecule has 28 heavy (non-hydrogen) atoms. The number of nitrogens with one attached hydrogen (secondary N) is 1. The van der Waals surface area contributed by atoms with E-state index in [1.807, 2.05) is 30.1 Å². The third-order valence-electron chi connectivity index (χ3n) is 5.30. The molecule has 3 rings (SSSR count). The van der Waals surface area contributed by atoms with Crippen LogP contribution < -0.4 is 14.5 Å². The van der Waals surface area contributed by atoms with Crippen molar-refractivity contribution in [2.45, 2.75) is 11.4 Å². The Balaban J connectivity index is 1.48. The fourth-order valence-corrected chi connectivity index (χ4v) is 3.98. The molecule has 1 N–H and O–H groups in total. The minimum atomic E-state index is 0.203. The van der Waals surface area contributed by atoms with Crippen molar-refractivity contribution in [3.63, 3.8) is 0 Å². The average molecular weight is 401 g/mol. The largest absolute Gasteiger partial charge is 0.495 e. The van der Waals surface area contributed by atoms with Crippen molar-refractivity contribution in [1.29, 1.82) is 0 Å². The van der Waals surface area contributed by atoms with Gasteiger partial charge in [0.1, 0.15) is 5.75 Å². The maximum Gasteiger partial charge on any atom is 0.277 e. The number of thioether (sulfide) groups is 1. The summed E-state index contributed by atoms with van der Waals surface area (Å²) in [7, 11) is 3.61. The number of piperazine rings is 1. The molecule has 0 spiro atoms. The number of quaternary nitrogens is 1.